The molecular weight excluding hydrogens is 525 g/mol. The number of pyridine rings is 1. The van der Waals surface area contributed by atoms with Gasteiger partial charge in [0.1, 0.15) is 17.2 Å². The van der Waals surface area contributed by atoms with Crippen LogP contribution in [0.15, 0.2) is 28.7 Å². The molecule has 0 bridgehead atoms. The van der Waals surface area contributed by atoms with Crippen LogP contribution in [0.2, 0.25) is 0 Å². The molecule has 1 fully saturated rings. The molecule has 0 aromatic carbocycles. The predicted octanol–water partition coefficient (Wildman–Crippen LogP) is 4.78. The van der Waals surface area contributed by atoms with E-state index in [0.717, 1.165) is 40.9 Å². The van der Waals surface area contributed by atoms with Gasteiger partial charge in [0.25, 0.3) is 0 Å². The molecule has 31 heavy (non-hydrogen) atoms. The molecule has 3 rings (SSSR count). The van der Waals surface area contributed by atoms with Gasteiger partial charge in [-0.1, -0.05) is 12.5 Å². The number of nitrogens with zero attached hydrogens (tertiary/aromatic N) is 4. The van der Waals surface area contributed by atoms with Crippen LogP contribution in [0, 0.1) is 0 Å². The number of nitrogens with one attached hydrogen (secondary N) is 1. The lowest BCUT2D eigenvalue weighted by Crippen LogP contribution is -2.38. The summed E-state index contributed by atoms with van der Waals surface area (Å²) >= 11 is 1.62. The summed E-state index contributed by atoms with van der Waals surface area (Å²) in [5, 5.41) is 6.46. The average molecular weight is 560 g/mol. The van der Waals surface area contributed by atoms with E-state index in [0.29, 0.717) is 19.2 Å². The second-order valence-electron chi connectivity index (χ2n) is 7.69. The number of hydrogen-bond acceptors (Lipinski definition) is 6. The van der Waals surface area contributed by atoms with Gasteiger partial charge in [-0.3, -0.25) is 4.99 Å². The first-order valence-corrected chi connectivity index (χ1v) is 11.5. The molecular formula is C22H34IN5O2S. The standard InChI is InChI=1S/C22H33N5O2S.HI/c1-16(28-4)21-26-18(15-30-21)14-27(3)22(23-2)25-13-17-10-11-20(24-12-17)29-19-8-6-5-7-9-19;/h10-12,15-16,19H,5-9,13-14H2,1-4H3,(H,23,25);1H. The Kier molecular flexibility index (Phi) is 11.0. The largest absolute Gasteiger partial charge is 0.474 e. The number of guanidine groups is 1. The fourth-order valence-corrected chi connectivity index (χ4v) is 4.35. The highest BCUT2D eigenvalue weighted by atomic mass is 127. The Morgan fingerprint density at radius 2 is 2.10 bits per heavy atom. The van der Waals surface area contributed by atoms with Crippen molar-refractivity contribution in [2.75, 3.05) is 21.2 Å². The number of thiazole rings is 1. The Labute approximate surface area is 206 Å². The van der Waals surface area contributed by atoms with Gasteiger partial charge >= 0.3 is 0 Å². The number of aromatic nitrogens is 2. The summed E-state index contributed by atoms with van der Waals surface area (Å²) in [6.45, 7) is 3.34. The van der Waals surface area contributed by atoms with Gasteiger partial charge in [-0.2, -0.15) is 0 Å². The topological polar surface area (TPSA) is 71.9 Å². The van der Waals surface area contributed by atoms with Crippen LogP contribution in [-0.4, -0.2) is 48.1 Å². The van der Waals surface area contributed by atoms with Crippen molar-refractivity contribution < 1.29 is 9.47 Å². The lowest BCUT2D eigenvalue weighted by molar-refractivity contribution is 0.119. The van der Waals surface area contributed by atoms with Crippen LogP contribution in [-0.2, 0) is 17.8 Å². The summed E-state index contributed by atoms with van der Waals surface area (Å²) in [6, 6.07) is 4.02. The highest BCUT2D eigenvalue weighted by molar-refractivity contribution is 14.0. The van der Waals surface area contributed by atoms with Gasteiger partial charge in [0.2, 0.25) is 5.88 Å². The zero-order valence-corrected chi connectivity index (χ0v) is 22.0. The fraction of sp³-hybridized carbons (Fsp3) is 0.591. The molecule has 172 valence electrons. The second kappa shape index (κ2) is 13.2. The lowest BCUT2D eigenvalue weighted by atomic mass is 9.98. The molecule has 2 aromatic heterocycles. The van der Waals surface area contributed by atoms with Crippen molar-refractivity contribution in [2.45, 2.75) is 64.3 Å². The summed E-state index contributed by atoms with van der Waals surface area (Å²) < 4.78 is 11.4. The molecule has 1 aliphatic carbocycles. The molecule has 1 aliphatic rings. The Bertz CT molecular complexity index is 808. The number of halogens is 1. The van der Waals surface area contributed by atoms with Crippen LogP contribution in [0.3, 0.4) is 0 Å². The third kappa shape index (κ3) is 7.87. The van der Waals surface area contributed by atoms with Gasteiger partial charge < -0.3 is 19.7 Å². The van der Waals surface area contributed by atoms with Crippen LogP contribution in [0.1, 0.15) is 61.4 Å². The Hall–Kier alpha value is -1.46. The Balaban J connectivity index is 0.00000341. The molecule has 0 amide bonds. The minimum absolute atomic E-state index is 0. The monoisotopic (exact) mass is 559 g/mol. The van der Waals surface area contributed by atoms with Crippen molar-refractivity contribution in [3.05, 3.63) is 40.0 Å². The highest BCUT2D eigenvalue weighted by Gasteiger charge is 2.15. The SMILES string of the molecule is CN=C(NCc1ccc(OC2CCCCC2)nc1)N(C)Cc1csc(C(C)OC)n1.I. The van der Waals surface area contributed by atoms with Gasteiger partial charge in [0, 0.05) is 45.4 Å². The first-order chi connectivity index (χ1) is 14.6. The molecule has 1 saturated carbocycles. The molecule has 0 radical (unpaired) electrons. The number of rotatable bonds is 8. The van der Waals surface area contributed by atoms with E-state index in [1.54, 1.807) is 25.5 Å². The van der Waals surface area contributed by atoms with Crippen LogP contribution >= 0.6 is 35.3 Å². The number of aliphatic imine (C=N–C) groups is 1. The summed E-state index contributed by atoms with van der Waals surface area (Å²) in [4.78, 5) is 15.6. The van der Waals surface area contributed by atoms with E-state index in [2.05, 4.69) is 36.6 Å². The van der Waals surface area contributed by atoms with Gasteiger partial charge in [-0.15, -0.1) is 35.3 Å². The van der Waals surface area contributed by atoms with Crippen molar-refractivity contribution in [3.8, 4) is 5.88 Å². The molecule has 0 aliphatic heterocycles. The van der Waals surface area contributed by atoms with Gasteiger partial charge in [0.15, 0.2) is 5.96 Å². The van der Waals surface area contributed by atoms with Crippen LogP contribution in [0.25, 0.3) is 0 Å². The van der Waals surface area contributed by atoms with E-state index in [-0.39, 0.29) is 30.1 Å². The van der Waals surface area contributed by atoms with Crippen molar-refractivity contribution in [1.29, 1.82) is 0 Å². The van der Waals surface area contributed by atoms with E-state index >= 15 is 0 Å². The van der Waals surface area contributed by atoms with Crippen molar-refractivity contribution in [2.24, 2.45) is 4.99 Å². The summed E-state index contributed by atoms with van der Waals surface area (Å²) in [6.07, 6.45) is 8.32. The van der Waals surface area contributed by atoms with Crippen LogP contribution in [0.5, 0.6) is 5.88 Å². The van der Waals surface area contributed by atoms with E-state index < -0.39 is 0 Å². The van der Waals surface area contributed by atoms with E-state index in [4.69, 9.17) is 9.47 Å². The molecule has 0 saturated heterocycles. The Morgan fingerprint density at radius 1 is 1.32 bits per heavy atom. The van der Waals surface area contributed by atoms with Crippen molar-refractivity contribution in [1.82, 2.24) is 20.2 Å². The smallest absolute Gasteiger partial charge is 0.213 e. The quantitative estimate of drug-likeness (QED) is 0.285. The maximum absolute atomic E-state index is 6.01. The zero-order valence-electron chi connectivity index (χ0n) is 18.8. The third-order valence-corrected chi connectivity index (χ3v) is 6.39. The minimum atomic E-state index is 0. The highest BCUT2D eigenvalue weighted by Crippen LogP contribution is 2.22. The van der Waals surface area contributed by atoms with Gasteiger partial charge in [-0.05, 0) is 38.2 Å². The van der Waals surface area contributed by atoms with E-state index in [1.165, 1.54) is 19.3 Å². The molecule has 1 atom stereocenters. The first-order valence-electron chi connectivity index (χ1n) is 10.6. The van der Waals surface area contributed by atoms with Crippen LogP contribution < -0.4 is 10.1 Å². The van der Waals surface area contributed by atoms with Crippen LogP contribution in [0.4, 0.5) is 0 Å². The molecule has 9 heteroatoms. The van der Waals surface area contributed by atoms with Gasteiger partial charge in [-0.25, -0.2) is 9.97 Å². The Morgan fingerprint density at radius 3 is 2.74 bits per heavy atom. The number of methoxy groups -OCH3 is 1. The average Bonchev–Trinajstić information content (AvgIpc) is 3.24. The van der Waals surface area contributed by atoms with E-state index in [9.17, 15) is 0 Å². The minimum Gasteiger partial charge on any atom is -0.474 e. The predicted molar refractivity (Wildman–Crippen MR) is 136 cm³/mol. The maximum Gasteiger partial charge on any atom is 0.213 e. The third-order valence-electron chi connectivity index (χ3n) is 5.33. The molecule has 0 spiro atoms. The molecule has 7 nitrogen and oxygen atoms in total. The maximum atomic E-state index is 6.01. The van der Waals surface area contributed by atoms with E-state index in [1.807, 2.05) is 26.2 Å². The summed E-state index contributed by atoms with van der Waals surface area (Å²) in [5.41, 5.74) is 2.10. The normalized spacial score (nSPS) is 15.8. The zero-order chi connectivity index (χ0) is 21.3. The first kappa shape index (κ1) is 25.8. The summed E-state index contributed by atoms with van der Waals surface area (Å²) in [7, 11) is 5.50. The number of ether oxygens (including phenoxy) is 2. The van der Waals surface area contributed by atoms with Crippen molar-refractivity contribution in [3.63, 3.8) is 0 Å². The summed E-state index contributed by atoms with van der Waals surface area (Å²) in [5.74, 6) is 1.53. The van der Waals surface area contributed by atoms with Gasteiger partial charge in [0.05, 0.1) is 12.2 Å². The molecule has 2 heterocycles. The second-order valence-corrected chi connectivity index (χ2v) is 8.58. The molecule has 2 aromatic rings. The molecule has 1 unspecified atom stereocenters. The lowest BCUT2D eigenvalue weighted by Gasteiger charge is -2.22. The molecule has 1 N–H and O–H groups in total. The number of hydrogen-bond donors (Lipinski definition) is 1. The fourth-order valence-electron chi connectivity index (χ4n) is 3.51. The van der Waals surface area contributed by atoms with Crippen molar-refractivity contribution >= 4 is 41.3 Å².